The van der Waals surface area contributed by atoms with Gasteiger partial charge in [0.2, 0.25) is 0 Å². The average Bonchev–Trinajstić information content (AvgIpc) is 3.11. The van der Waals surface area contributed by atoms with E-state index < -0.39 is 11.9 Å². The smallest absolute Gasteiger partial charge is 0.356 e. The second-order valence-electron chi connectivity index (χ2n) is 4.58. The highest BCUT2D eigenvalue weighted by atomic mass is 127. The van der Waals surface area contributed by atoms with E-state index in [-0.39, 0.29) is 24.0 Å². The van der Waals surface area contributed by atoms with E-state index in [2.05, 4.69) is 30.8 Å². The van der Waals surface area contributed by atoms with Crippen LogP contribution in [0.15, 0.2) is 16.7 Å². The van der Waals surface area contributed by atoms with Crippen LogP contribution in [0, 0.1) is 0 Å². The summed E-state index contributed by atoms with van der Waals surface area (Å²) in [4.78, 5) is 7.61. The van der Waals surface area contributed by atoms with Crippen molar-refractivity contribution in [2.24, 2.45) is 12.0 Å². The van der Waals surface area contributed by atoms with Gasteiger partial charge in [-0.25, -0.2) is 4.98 Å². The standard InChI is InChI=1S/C12H16F3N7S.HI/c1-16-11(18-5-9-21-19-7-22(9)2)17-4-3-10-20-8(6-23-10)12(13,14)15;/h6-7H,3-5H2,1-2H3,(H2,16,17,18);1H. The first-order valence-electron chi connectivity index (χ1n) is 6.69. The molecule has 2 N–H and O–H groups in total. The Kier molecular flexibility index (Phi) is 7.86. The Bertz CT molecular complexity index is 668. The quantitative estimate of drug-likeness (QED) is 0.392. The summed E-state index contributed by atoms with van der Waals surface area (Å²) in [6.07, 6.45) is -2.42. The summed E-state index contributed by atoms with van der Waals surface area (Å²) in [5.41, 5.74) is -0.845. The van der Waals surface area contributed by atoms with Gasteiger partial charge in [0.15, 0.2) is 17.5 Å². The molecule has 0 aromatic carbocycles. The van der Waals surface area contributed by atoms with Gasteiger partial charge in [-0.15, -0.1) is 45.5 Å². The van der Waals surface area contributed by atoms with Crippen molar-refractivity contribution in [3.63, 3.8) is 0 Å². The van der Waals surface area contributed by atoms with E-state index in [4.69, 9.17) is 0 Å². The predicted octanol–water partition coefficient (Wildman–Crippen LogP) is 1.82. The molecule has 0 unspecified atom stereocenters. The van der Waals surface area contributed by atoms with Gasteiger partial charge >= 0.3 is 6.18 Å². The largest absolute Gasteiger partial charge is 0.434 e. The van der Waals surface area contributed by atoms with Crippen molar-refractivity contribution >= 4 is 41.3 Å². The number of nitrogens with one attached hydrogen (secondary N) is 2. The van der Waals surface area contributed by atoms with Crippen molar-refractivity contribution in [3.05, 3.63) is 28.2 Å². The zero-order valence-electron chi connectivity index (χ0n) is 13.0. The lowest BCUT2D eigenvalue weighted by atomic mass is 10.4. The number of halogens is 4. The van der Waals surface area contributed by atoms with Crippen LogP contribution < -0.4 is 10.6 Å². The molecule has 12 heteroatoms. The molecule has 24 heavy (non-hydrogen) atoms. The van der Waals surface area contributed by atoms with Gasteiger partial charge < -0.3 is 15.2 Å². The molecule has 0 aliphatic rings. The molecule has 0 atom stereocenters. The van der Waals surface area contributed by atoms with Gasteiger partial charge in [0.1, 0.15) is 6.33 Å². The zero-order valence-corrected chi connectivity index (χ0v) is 16.1. The number of nitrogens with zero attached hydrogens (tertiary/aromatic N) is 5. The summed E-state index contributed by atoms with van der Waals surface area (Å²) in [5, 5.41) is 15.2. The lowest BCUT2D eigenvalue weighted by molar-refractivity contribution is -0.140. The van der Waals surface area contributed by atoms with Gasteiger partial charge in [0.25, 0.3) is 0 Å². The summed E-state index contributed by atoms with van der Waals surface area (Å²) in [7, 11) is 3.44. The summed E-state index contributed by atoms with van der Waals surface area (Å²) in [6, 6.07) is 0. The molecule has 134 valence electrons. The molecular formula is C12H17F3IN7S. The Morgan fingerprint density at radius 1 is 1.38 bits per heavy atom. The third-order valence-electron chi connectivity index (χ3n) is 2.92. The van der Waals surface area contributed by atoms with Gasteiger partial charge in [-0.2, -0.15) is 13.2 Å². The van der Waals surface area contributed by atoms with E-state index in [1.54, 1.807) is 17.9 Å². The van der Waals surface area contributed by atoms with Gasteiger partial charge in [-0.05, 0) is 0 Å². The Morgan fingerprint density at radius 2 is 2.12 bits per heavy atom. The molecule has 0 bridgehead atoms. The minimum absolute atomic E-state index is 0. The highest BCUT2D eigenvalue weighted by molar-refractivity contribution is 14.0. The van der Waals surface area contributed by atoms with Crippen molar-refractivity contribution in [2.45, 2.75) is 19.1 Å². The number of hydrogen-bond donors (Lipinski definition) is 2. The normalized spacial score (nSPS) is 12.0. The van der Waals surface area contributed by atoms with Crippen molar-refractivity contribution in [3.8, 4) is 0 Å². The van der Waals surface area contributed by atoms with Gasteiger partial charge in [-0.3, -0.25) is 4.99 Å². The monoisotopic (exact) mass is 475 g/mol. The zero-order chi connectivity index (χ0) is 16.9. The summed E-state index contributed by atoms with van der Waals surface area (Å²) < 4.78 is 39.2. The number of rotatable bonds is 5. The molecule has 2 heterocycles. The van der Waals surface area contributed by atoms with E-state index >= 15 is 0 Å². The second-order valence-corrected chi connectivity index (χ2v) is 5.53. The maximum atomic E-state index is 12.5. The number of guanidine groups is 1. The van der Waals surface area contributed by atoms with E-state index in [0.717, 1.165) is 22.5 Å². The van der Waals surface area contributed by atoms with E-state index in [1.165, 1.54) is 0 Å². The van der Waals surface area contributed by atoms with E-state index in [9.17, 15) is 13.2 Å². The molecule has 0 saturated heterocycles. The molecule has 0 aliphatic carbocycles. The average molecular weight is 475 g/mol. The van der Waals surface area contributed by atoms with Gasteiger partial charge in [-0.1, -0.05) is 0 Å². The van der Waals surface area contributed by atoms with Crippen LogP contribution in [-0.2, 0) is 26.2 Å². The van der Waals surface area contributed by atoms with Crippen molar-refractivity contribution in [1.29, 1.82) is 0 Å². The molecule has 2 aromatic heterocycles. The summed E-state index contributed by atoms with van der Waals surface area (Å²) in [6.45, 7) is 0.856. The Morgan fingerprint density at radius 3 is 2.67 bits per heavy atom. The molecule has 2 aromatic rings. The Balaban J connectivity index is 0.00000288. The first kappa shape index (κ1) is 20.6. The molecule has 0 saturated carbocycles. The van der Waals surface area contributed by atoms with Crippen LogP contribution in [0.4, 0.5) is 13.2 Å². The minimum atomic E-state index is -4.39. The van der Waals surface area contributed by atoms with Crippen molar-refractivity contribution in [2.75, 3.05) is 13.6 Å². The Hall–Kier alpha value is -1.44. The first-order chi connectivity index (χ1) is 10.9. The second kappa shape index (κ2) is 9.15. The van der Waals surface area contributed by atoms with Crippen LogP contribution >= 0.6 is 35.3 Å². The fourth-order valence-corrected chi connectivity index (χ4v) is 2.50. The van der Waals surface area contributed by atoms with E-state index in [1.807, 2.05) is 7.05 Å². The lowest BCUT2D eigenvalue weighted by Crippen LogP contribution is -2.38. The third kappa shape index (κ3) is 5.89. The molecule has 7 nitrogen and oxygen atoms in total. The number of hydrogen-bond acceptors (Lipinski definition) is 5. The minimum Gasteiger partial charge on any atom is -0.356 e. The number of thiazole rings is 1. The molecule has 0 aliphatic heterocycles. The van der Waals surface area contributed by atoms with Crippen LogP contribution in [0.3, 0.4) is 0 Å². The van der Waals surface area contributed by atoms with Crippen LogP contribution in [0.5, 0.6) is 0 Å². The maximum Gasteiger partial charge on any atom is 0.434 e. The molecule has 0 amide bonds. The number of aryl methyl sites for hydroxylation is 1. The van der Waals surface area contributed by atoms with Gasteiger partial charge in [0.05, 0.1) is 11.6 Å². The van der Waals surface area contributed by atoms with Gasteiger partial charge in [0, 0.05) is 32.4 Å². The fraction of sp³-hybridized carbons (Fsp3) is 0.500. The number of aliphatic imine (C=N–C) groups is 1. The topological polar surface area (TPSA) is 80.0 Å². The van der Waals surface area contributed by atoms with Crippen LogP contribution in [0.2, 0.25) is 0 Å². The summed E-state index contributed by atoms with van der Waals surface area (Å²) >= 11 is 0.996. The highest BCUT2D eigenvalue weighted by Gasteiger charge is 2.33. The van der Waals surface area contributed by atoms with Crippen LogP contribution in [-0.4, -0.2) is 39.3 Å². The van der Waals surface area contributed by atoms with Crippen molar-refractivity contribution < 1.29 is 13.2 Å². The van der Waals surface area contributed by atoms with Crippen molar-refractivity contribution in [1.82, 2.24) is 30.4 Å². The van der Waals surface area contributed by atoms with Crippen LogP contribution in [0.1, 0.15) is 16.5 Å². The SMILES string of the molecule is CN=C(NCCc1nc(C(F)(F)F)cs1)NCc1nncn1C.I. The molecule has 0 spiro atoms. The highest BCUT2D eigenvalue weighted by Crippen LogP contribution is 2.29. The molecule has 0 radical (unpaired) electrons. The third-order valence-corrected chi connectivity index (χ3v) is 3.82. The molecule has 2 rings (SSSR count). The number of alkyl halides is 3. The van der Waals surface area contributed by atoms with Crippen LogP contribution in [0.25, 0.3) is 0 Å². The number of aromatic nitrogens is 4. The fourth-order valence-electron chi connectivity index (χ4n) is 1.69. The lowest BCUT2D eigenvalue weighted by Gasteiger charge is -2.10. The Labute approximate surface area is 157 Å². The van der Waals surface area contributed by atoms with E-state index in [0.29, 0.717) is 30.5 Å². The maximum absolute atomic E-state index is 12.5. The summed E-state index contributed by atoms with van der Waals surface area (Å²) in [5.74, 6) is 1.27. The first-order valence-corrected chi connectivity index (χ1v) is 7.57. The molecular weight excluding hydrogens is 458 g/mol. The predicted molar refractivity (Wildman–Crippen MR) is 95.4 cm³/mol. The molecule has 0 fully saturated rings.